The molecule has 3 rings (SSSR count). The summed E-state index contributed by atoms with van der Waals surface area (Å²) in [5.41, 5.74) is 4.04. The van der Waals surface area contributed by atoms with Gasteiger partial charge in [-0.3, -0.25) is 9.59 Å². The number of H-pyrrole nitrogens is 3. The normalized spacial score (nSPS) is 12.3. The predicted molar refractivity (Wildman–Crippen MR) is 121 cm³/mol. The van der Waals surface area contributed by atoms with Gasteiger partial charge < -0.3 is 15.0 Å². The number of hydrogen-bond donors (Lipinski definition) is 3. The fourth-order valence-electron chi connectivity index (χ4n) is 3.23. The standard InChI is InChI=1S/C24H27N3O2/c1-7-24(5,6)21-18(13-20-23(29)25-15(4)22(28)27-20)17-12-16(9-8-14(2)3)10-11-19(17)26-21/h7-8,10-13,26H,1,4,9H2,2-3,5-6H3,(H,25,29)(H,27,28)/b20-13+. The van der Waals surface area contributed by atoms with Crippen molar-refractivity contribution in [2.24, 2.45) is 0 Å². The van der Waals surface area contributed by atoms with Crippen molar-refractivity contribution in [2.45, 2.75) is 39.5 Å². The van der Waals surface area contributed by atoms with E-state index >= 15 is 0 Å². The van der Waals surface area contributed by atoms with E-state index in [1.807, 2.05) is 6.08 Å². The minimum atomic E-state index is -0.413. The molecule has 0 saturated carbocycles. The molecule has 0 fully saturated rings. The average molecular weight is 389 g/mol. The zero-order chi connectivity index (χ0) is 21.3. The first kappa shape index (κ1) is 20.4. The lowest BCUT2D eigenvalue weighted by Crippen LogP contribution is -2.46. The third-order valence-corrected chi connectivity index (χ3v) is 5.12. The monoisotopic (exact) mass is 389 g/mol. The van der Waals surface area contributed by atoms with Crippen molar-refractivity contribution in [1.82, 2.24) is 15.0 Å². The van der Waals surface area contributed by atoms with Crippen LogP contribution in [-0.4, -0.2) is 15.0 Å². The lowest BCUT2D eigenvalue weighted by molar-refractivity contribution is 0.651. The summed E-state index contributed by atoms with van der Waals surface area (Å²) in [5, 5.41) is 1.23. The Labute approximate surface area is 169 Å². The van der Waals surface area contributed by atoms with Gasteiger partial charge in [0.2, 0.25) is 0 Å². The average Bonchev–Trinajstić information content (AvgIpc) is 3.03. The van der Waals surface area contributed by atoms with E-state index in [1.165, 1.54) is 11.1 Å². The predicted octanol–water partition coefficient (Wildman–Crippen LogP) is 2.76. The fraction of sp³-hybridized carbons (Fsp3) is 0.250. The van der Waals surface area contributed by atoms with E-state index in [2.05, 4.69) is 80.1 Å². The molecule has 5 nitrogen and oxygen atoms in total. The lowest BCUT2D eigenvalue weighted by atomic mass is 9.86. The molecule has 3 N–H and O–H groups in total. The molecule has 0 aliphatic heterocycles. The van der Waals surface area contributed by atoms with Gasteiger partial charge in [-0.25, -0.2) is 0 Å². The summed E-state index contributed by atoms with van der Waals surface area (Å²) in [6, 6.07) is 6.27. The Balaban J connectivity index is 2.36. The van der Waals surface area contributed by atoms with Crippen LogP contribution in [0.15, 0.2) is 52.1 Å². The highest BCUT2D eigenvalue weighted by atomic mass is 16.1. The number of aromatic nitrogens is 3. The van der Waals surface area contributed by atoms with Crippen molar-refractivity contribution in [3.63, 3.8) is 0 Å². The maximum absolute atomic E-state index is 12.4. The van der Waals surface area contributed by atoms with Crippen LogP contribution < -0.4 is 21.8 Å². The molecule has 0 aliphatic carbocycles. The summed E-state index contributed by atoms with van der Waals surface area (Å²) in [6.07, 6.45) is 6.60. The Morgan fingerprint density at radius 3 is 2.48 bits per heavy atom. The smallest absolute Gasteiger partial charge is 0.272 e. The largest absolute Gasteiger partial charge is 0.357 e. The maximum atomic E-state index is 12.4. The van der Waals surface area contributed by atoms with Gasteiger partial charge in [0.25, 0.3) is 11.1 Å². The van der Waals surface area contributed by atoms with Crippen molar-refractivity contribution >= 4 is 23.6 Å². The Kier molecular flexibility index (Phi) is 5.33. The number of aromatic amines is 3. The molecular formula is C24H27N3O2. The molecule has 1 aromatic carbocycles. The summed E-state index contributed by atoms with van der Waals surface area (Å²) in [4.78, 5) is 33.0. The van der Waals surface area contributed by atoms with Gasteiger partial charge in [-0.1, -0.05) is 44.2 Å². The summed E-state index contributed by atoms with van der Waals surface area (Å²) in [6.45, 7) is 15.8. The van der Waals surface area contributed by atoms with Gasteiger partial charge in [0.1, 0.15) is 5.35 Å². The van der Waals surface area contributed by atoms with Crippen molar-refractivity contribution in [2.75, 3.05) is 0 Å². The molecule has 0 unspecified atom stereocenters. The highest BCUT2D eigenvalue weighted by Gasteiger charge is 2.23. The van der Waals surface area contributed by atoms with Crippen molar-refractivity contribution in [3.8, 4) is 0 Å². The first-order valence-corrected chi connectivity index (χ1v) is 9.57. The molecule has 0 spiro atoms. The molecule has 0 atom stereocenters. The maximum Gasteiger partial charge on any atom is 0.272 e. The van der Waals surface area contributed by atoms with E-state index in [-0.39, 0.29) is 21.7 Å². The molecule has 3 aromatic rings. The molecule has 0 amide bonds. The first-order chi connectivity index (χ1) is 13.6. The van der Waals surface area contributed by atoms with Gasteiger partial charge in [-0.05, 0) is 44.0 Å². The Bertz CT molecular complexity index is 1340. The quantitative estimate of drug-likeness (QED) is 0.587. The molecule has 0 bridgehead atoms. The Morgan fingerprint density at radius 1 is 1.10 bits per heavy atom. The first-order valence-electron chi connectivity index (χ1n) is 9.57. The van der Waals surface area contributed by atoms with Crippen LogP contribution in [0.5, 0.6) is 0 Å². The van der Waals surface area contributed by atoms with Gasteiger partial charge >= 0.3 is 0 Å². The topological polar surface area (TPSA) is 81.5 Å². The number of allylic oxidation sites excluding steroid dienone is 3. The van der Waals surface area contributed by atoms with E-state index < -0.39 is 5.56 Å². The number of hydrogen-bond acceptors (Lipinski definition) is 2. The highest BCUT2D eigenvalue weighted by Crippen LogP contribution is 2.33. The molecule has 0 aliphatic rings. The van der Waals surface area contributed by atoms with Crippen molar-refractivity contribution in [3.05, 3.63) is 90.7 Å². The van der Waals surface area contributed by atoms with E-state index in [1.54, 1.807) is 6.08 Å². The minimum Gasteiger partial charge on any atom is -0.357 e. The Morgan fingerprint density at radius 2 is 1.83 bits per heavy atom. The van der Waals surface area contributed by atoms with Gasteiger partial charge in [-0.2, -0.15) is 0 Å². The third-order valence-electron chi connectivity index (χ3n) is 5.12. The van der Waals surface area contributed by atoms with Crippen LogP contribution in [-0.2, 0) is 11.8 Å². The van der Waals surface area contributed by atoms with E-state index in [4.69, 9.17) is 0 Å². The second kappa shape index (κ2) is 7.59. The van der Waals surface area contributed by atoms with Gasteiger partial charge in [-0.15, -0.1) is 6.58 Å². The molecule has 0 radical (unpaired) electrons. The number of fused-ring (bicyclic) bond motifs is 1. The number of nitrogens with one attached hydrogen (secondary N) is 3. The van der Waals surface area contributed by atoms with Crippen LogP contribution in [0.2, 0.25) is 0 Å². The second-order valence-electron chi connectivity index (χ2n) is 8.15. The summed E-state index contributed by atoms with van der Waals surface area (Å²) >= 11 is 0. The van der Waals surface area contributed by atoms with Crippen LogP contribution >= 0.6 is 0 Å². The van der Waals surface area contributed by atoms with Crippen LogP contribution in [0.3, 0.4) is 0 Å². The van der Waals surface area contributed by atoms with Gasteiger partial charge in [0.05, 0.1) is 5.35 Å². The summed E-state index contributed by atoms with van der Waals surface area (Å²) < 4.78 is 0. The van der Waals surface area contributed by atoms with E-state index in [0.717, 1.165) is 28.6 Å². The zero-order valence-electron chi connectivity index (χ0n) is 17.4. The molecule has 0 saturated heterocycles. The molecular weight excluding hydrogens is 362 g/mol. The third kappa shape index (κ3) is 4.09. The highest BCUT2D eigenvalue weighted by molar-refractivity contribution is 5.91. The van der Waals surface area contributed by atoms with Crippen LogP contribution in [0.4, 0.5) is 0 Å². The van der Waals surface area contributed by atoms with E-state index in [9.17, 15) is 9.59 Å². The summed E-state index contributed by atoms with van der Waals surface area (Å²) in [7, 11) is 0. The van der Waals surface area contributed by atoms with Crippen molar-refractivity contribution < 1.29 is 0 Å². The van der Waals surface area contributed by atoms with Gasteiger partial charge in [0, 0.05) is 27.6 Å². The number of rotatable bonds is 5. The second-order valence-corrected chi connectivity index (χ2v) is 8.15. The Hall–Kier alpha value is -3.34. The minimum absolute atomic E-state index is 0.0433. The molecule has 5 heteroatoms. The lowest BCUT2D eigenvalue weighted by Gasteiger charge is -2.19. The number of benzene rings is 1. The summed E-state index contributed by atoms with van der Waals surface area (Å²) in [5.74, 6) is 0. The van der Waals surface area contributed by atoms with E-state index in [0.29, 0.717) is 0 Å². The molecule has 2 heterocycles. The fourth-order valence-corrected chi connectivity index (χ4v) is 3.23. The molecule has 2 aromatic heterocycles. The van der Waals surface area contributed by atoms with Crippen LogP contribution in [0.25, 0.3) is 23.6 Å². The SMILES string of the molecule is C=CC(C)(C)c1[nH]c2ccc(CC=C(C)C)cc2c1/C=c1/[nH]c(=O)c(=C)[nH]c1=O. The van der Waals surface area contributed by atoms with Crippen LogP contribution in [0, 0.1) is 0 Å². The van der Waals surface area contributed by atoms with Crippen molar-refractivity contribution in [1.29, 1.82) is 0 Å². The molecule has 150 valence electrons. The van der Waals surface area contributed by atoms with Crippen LogP contribution in [0.1, 0.15) is 44.5 Å². The van der Waals surface area contributed by atoms with Gasteiger partial charge in [0.15, 0.2) is 0 Å². The molecule has 29 heavy (non-hydrogen) atoms. The zero-order valence-corrected chi connectivity index (χ0v) is 17.4.